The zero-order valence-corrected chi connectivity index (χ0v) is 5.54. The van der Waals surface area contributed by atoms with Gasteiger partial charge in [0.15, 0.2) is 0 Å². The van der Waals surface area contributed by atoms with Crippen molar-refractivity contribution < 1.29 is 10.0 Å². The molecule has 0 amide bonds. The highest BCUT2D eigenvalue weighted by Crippen LogP contribution is 2.74. The molecule has 56 valence electrons. The molecular formula is C6H9NO3. The van der Waals surface area contributed by atoms with Crippen LogP contribution < -0.4 is 0 Å². The Kier molecular flexibility index (Phi) is 0.819. The maximum absolute atomic E-state index is 10.4. The zero-order chi connectivity index (χ0) is 7.41. The maximum Gasteiger partial charge on any atom is 0.251 e. The van der Waals surface area contributed by atoms with Gasteiger partial charge < -0.3 is 5.11 Å². The summed E-state index contributed by atoms with van der Waals surface area (Å²) in [6.45, 7) is -0.278. The van der Waals surface area contributed by atoms with Gasteiger partial charge in [-0.3, -0.25) is 10.1 Å². The van der Waals surface area contributed by atoms with Gasteiger partial charge in [0.05, 0.1) is 5.41 Å². The van der Waals surface area contributed by atoms with Crippen molar-refractivity contribution in [2.45, 2.75) is 24.8 Å². The zero-order valence-electron chi connectivity index (χ0n) is 5.54. The molecule has 0 bridgehead atoms. The Bertz CT molecular complexity index is 199. The number of hydrogen-bond acceptors (Lipinski definition) is 3. The van der Waals surface area contributed by atoms with Crippen LogP contribution in [0, 0.1) is 15.5 Å². The Balaban J connectivity index is 2.20. The summed E-state index contributed by atoms with van der Waals surface area (Å²) >= 11 is 0. The Morgan fingerprint density at radius 3 is 2.30 bits per heavy atom. The van der Waals surface area contributed by atoms with E-state index in [0.29, 0.717) is 6.42 Å². The minimum Gasteiger partial charge on any atom is -0.389 e. The summed E-state index contributed by atoms with van der Waals surface area (Å²) in [5.74, 6) is 0. The van der Waals surface area contributed by atoms with Crippen LogP contribution in [0.5, 0.6) is 0 Å². The summed E-state index contributed by atoms with van der Waals surface area (Å²) in [5.41, 5.74) is -0.988. The van der Waals surface area contributed by atoms with E-state index in [1.165, 1.54) is 0 Å². The molecule has 0 aliphatic heterocycles. The smallest absolute Gasteiger partial charge is 0.251 e. The minimum absolute atomic E-state index is 0.0642. The van der Waals surface area contributed by atoms with E-state index in [9.17, 15) is 10.1 Å². The number of aliphatic hydroxyl groups is 1. The first kappa shape index (κ1) is 6.09. The first-order valence-electron chi connectivity index (χ1n) is 3.42. The molecule has 0 saturated heterocycles. The topological polar surface area (TPSA) is 63.4 Å². The molecule has 1 N–H and O–H groups in total. The van der Waals surface area contributed by atoms with E-state index in [1.807, 2.05) is 0 Å². The number of rotatable bonds is 2. The first-order chi connectivity index (χ1) is 4.67. The van der Waals surface area contributed by atoms with Gasteiger partial charge in [0.1, 0.15) is 6.61 Å². The van der Waals surface area contributed by atoms with Gasteiger partial charge in [-0.2, -0.15) is 0 Å². The van der Waals surface area contributed by atoms with Crippen LogP contribution in [0.3, 0.4) is 0 Å². The molecule has 2 aliphatic rings. The lowest BCUT2D eigenvalue weighted by Gasteiger charge is -2.02. The quantitative estimate of drug-likeness (QED) is 0.443. The van der Waals surface area contributed by atoms with Crippen molar-refractivity contribution >= 4 is 0 Å². The van der Waals surface area contributed by atoms with E-state index in [4.69, 9.17) is 5.11 Å². The molecular weight excluding hydrogens is 134 g/mol. The Hall–Kier alpha value is -0.640. The standard InChI is InChI=1S/C6H9NO3/c8-4-6(7(9)10)3-5(6)1-2-5/h8H,1-4H2. The van der Waals surface area contributed by atoms with Gasteiger partial charge in [0.25, 0.3) is 5.54 Å². The minimum atomic E-state index is -0.924. The Morgan fingerprint density at radius 2 is 2.20 bits per heavy atom. The van der Waals surface area contributed by atoms with Crippen LogP contribution in [0.25, 0.3) is 0 Å². The van der Waals surface area contributed by atoms with Crippen molar-refractivity contribution in [3.8, 4) is 0 Å². The molecule has 2 saturated carbocycles. The molecule has 0 aromatic heterocycles. The summed E-state index contributed by atoms with van der Waals surface area (Å²) < 4.78 is 0. The molecule has 1 unspecified atom stereocenters. The second-order valence-electron chi connectivity index (χ2n) is 3.40. The van der Waals surface area contributed by atoms with Gasteiger partial charge in [-0.15, -0.1) is 0 Å². The van der Waals surface area contributed by atoms with E-state index in [0.717, 1.165) is 12.8 Å². The number of hydrogen-bond donors (Lipinski definition) is 1. The summed E-state index contributed by atoms with van der Waals surface area (Å²) in [7, 11) is 0. The third-order valence-corrected chi connectivity index (χ3v) is 2.96. The van der Waals surface area contributed by atoms with E-state index in [-0.39, 0.29) is 16.9 Å². The van der Waals surface area contributed by atoms with Crippen LogP contribution in [-0.2, 0) is 0 Å². The van der Waals surface area contributed by atoms with Gasteiger partial charge in [0.2, 0.25) is 0 Å². The summed E-state index contributed by atoms with van der Waals surface area (Å²) in [4.78, 5) is 10.1. The second kappa shape index (κ2) is 1.34. The van der Waals surface area contributed by atoms with Gasteiger partial charge in [-0.1, -0.05) is 0 Å². The predicted molar refractivity (Wildman–Crippen MR) is 33.1 cm³/mol. The molecule has 4 heteroatoms. The Morgan fingerprint density at radius 1 is 1.60 bits per heavy atom. The average molecular weight is 143 g/mol. The number of nitrogens with zero attached hydrogens (tertiary/aromatic N) is 1. The number of aliphatic hydroxyl groups excluding tert-OH is 1. The highest BCUT2D eigenvalue weighted by atomic mass is 16.6. The number of nitro groups is 1. The average Bonchev–Trinajstić information content (AvgIpc) is 2.74. The molecule has 4 nitrogen and oxygen atoms in total. The molecule has 0 radical (unpaired) electrons. The second-order valence-corrected chi connectivity index (χ2v) is 3.40. The monoisotopic (exact) mass is 143 g/mol. The summed E-state index contributed by atoms with van der Waals surface area (Å²) in [5, 5.41) is 19.2. The maximum atomic E-state index is 10.4. The van der Waals surface area contributed by atoms with Gasteiger partial charge in [-0.25, -0.2) is 0 Å². The fourth-order valence-corrected chi connectivity index (χ4v) is 1.85. The van der Waals surface area contributed by atoms with Gasteiger partial charge in [0, 0.05) is 11.3 Å². The molecule has 0 aromatic rings. The lowest BCUT2D eigenvalue weighted by atomic mass is 10.2. The summed E-state index contributed by atoms with van der Waals surface area (Å²) in [6.07, 6.45) is 2.48. The lowest BCUT2D eigenvalue weighted by Crippen LogP contribution is -2.29. The molecule has 10 heavy (non-hydrogen) atoms. The van der Waals surface area contributed by atoms with Crippen LogP contribution in [-0.4, -0.2) is 22.2 Å². The largest absolute Gasteiger partial charge is 0.389 e. The van der Waals surface area contributed by atoms with Crippen LogP contribution >= 0.6 is 0 Å². The van der Waals surface area contributed by atoms with Crippen molar-refractivity contribution in [2.24, 2.45) is 5.41 Å². The molecule has 1 spiro atoms. The fraction of sp³-hybridized carbons (Fsp3) is 1.00. The predicted octanol–water partition coefficient (Wildman–Crippen LogP) is 0.178. The molecule has 0 heterocycles. The SMILES string of the molecule is O=[N+]([O-])C1(CO)CC12CC2. The lowest BCUT2D eigenvalue weighted by molar-refractivity contribution is -0.547. The van der Waals surface area contributed by atoms with Crippen molar-refractivity contribution in [1.29, 1.82) is 0 Å². The summed E-state index contributed by atoms with van der Waals surface area (Å²) in [6, 6.07) is 0. The molecule has 2 rings (SSSR count). The first-order valence-corrected chi connectivity index (χ1v) is 3.42. The van der Waals surface area contributed by atoms with Gasteiger partial charge >= 0.3 is 0 Å². The highest BCUT2D eigenvalue weighted by Gasteiger charge is 2.83. The van der Waals surface area contributed by atoms with Crippen molar-refractivity contribution in [3.05, 3.63) is 10.1 Å². The molecule has 2 aliphatic carbocycles. The molecule has 1 atom stereocenters. The van der Waals surface area contributed by atoms with Crippen LogP contribution in [0.15, 0.2) is 0 Å². The van der Waals surface area contributed by atoms with E-state index in [1.54, 1.807) is 0 Å². The van der Waals surface area contributed by atoms with E-state index < -0.39 is 5.54 Å². The Labute approximate surface area is 58.0 Å². The van der Waals surface area contributed by atoms with E-state index >= 15 is 0 Å². The van der Waals surface area contributed by atoms with Crippen LogP contribution in [0.2, 0.25) is 0 Å². The highest BCUT2D eigenvalue weighted by molar-refractivity contribution is 5.24. The van der Waals surface area contributed by atoms with Crippen LogP contribution in [0.1, 0.15) is 19.3 Å². The van der Waals surface area contributed by atoms with Crippen molar-refractivity contribution in [2.75, 3.05) is 6.61 Å². The third-order valence-electron chi connectivity index (χ3n) is 2.96. The third kappa shape index (κ3) is 0.428. The molecule has 2 fully saturated rings. The molecule has 0 aromatic carbocycles. The van der Waals surface area contributed by atoms with Crippen molar-refractivity contribution in [1.82, 2.24) is 0 Å². The fourth-order valence-electron chi connectivity index (χ4n) is 1.85. The van der Waals surface area contributed by atoms with Crippen molar-refractivity contribution in [3.63, 3.8) is 0 Å². The van der Waals surface area contributed by atoms with Gasteiger partial charge in [-0.05, 0) is 12.8 Å². The normalized spacial score (nSPS) is 39.7. The van der Waals surface area contributed by atoms with E-state index in [2.05, 4.69) is 0 Å². The van der Waals surface area contributed by atoms with Crippen LogP contribution in [0.4, 0.5) is 0 Å².